The zero-order valence-corrected chi connectivity index (χ0v) is 22.4. The van der Waals surface area contributed by atoms with Gasteiger partial charge in [-0.25, -0.2) is 4.79 Å². The first kappa shape index (κ1) is 25.5. The first-order chi connectivity index (χ1) is 16.3. The average molecular weight is 546 g/mol. The summed E-state index contributed by atoms with van der Waals surface area (Å²) in [5, 5.41) is 12.5. The van der Waals surface area contributed by atoms with Crippen LogP contribution in [0.2, 0.25) is 0 Å². The van der Waals surface area contributed by atoms with E-state index in [1.54, 1.807) is 12.1 Å². The molecule has 1 aliphatic heterocycles. The first-order valence-electron chi connectivity index (χ1n) is 11.9. The molecule has 1 aromatic carbocycles. The number of hydrogen-bond acceptors (Lipinski definition) is 6. The molecule has 0 aromatic heterocycles. The topological polar surface area (TPSA) is 102 Å². The fourth-order valence-electron chi connectivity index (χ4n) is 5.57. The molecule has 7 nitrogen and oxygen atoms in total. The van der Waals surface area contributed by atoms with Crippen LogP contribution in [0.15, 0.2) is 39.6 Å². The number of rotatable bonds is 6. The highest BCUT2D eigenvalue weighted by atomic mass is 79.9. The lowest BCUT2D eigenvalue weighted by Crippen LogP contribution is -2.46. The Morgan fingerprint density at radius 2 is 1.77 bits per heavy atom. The number of hydrogen-bond donors (Lipinski definition) is 2. The van der Waals surface area contributed by atoms with Crippen LogP contribution in [-0.4, -0.2) is 35.9 Å². The van der Waals surface area contributed by atoms with Gasteiger partial charge in [0.05, 0.1) is 12.5 Å². The third kappa shape index (κ3) is 5.03. The summed E-state index contributed by atoms with van der Waals surface area (Å²) in [6, 6.07) is 3.45. The number of carbonyl (C=O) groups is 3. The van der Waals surface area contributed by atoms with Gasteiger partial charge in [0.2, 0.25) is 0 Å². The molecule has 188 valence electrons. The van der Waals surface area contributed by atoms with E-state index in [1.165, 1.54) is 0 Å². The van der Waals surface area contributed by atoms with E-state index in [2.05, 4.69) is 41.2 Å². The number of carbonyl (C=O) groups excluding carboxylic acids is 2. The number of aliphatic carboxylic acids is 1. The molecule has 2 atom stereocenters. The monoisotopic (exact) mass is 545 g/mol. The molecule has 0 radical (unpaired) electrons. The summed E-state index contributed by atoms with van der Waals surface area (Å²) in [5.74, 6) is -1.29. The van der Waals surface area contributed by atoms with Crippen molar-refractivity contribution in [2.75, 3.05) is 13.2 Å². The van der Waals surface area contributed by atoms with Gasteiger partial charge in [0.1, 0.15) is 5.78 Å². The molecule has 3 aliphatic rings. The highest BCUT2D eigenvalue weighted by Gasteiger charge is 2.49. The molecule has 35 heavy (non-hydrogen) atoms. The van der Waals surface area contributed by atoms with Crippen LogP contribution in [0, 0.1) is 16.7 Å². The number of ether oxygens (including phenoxy) is 2. The summed E-state index contributed by atoms with van der Waals surface area (Å²) < 4.78 is 11.9. The van der Waals surface area contributed by atoms with Gasteiger partial charge in [0.25, 0.3) is 0 Å². The Morgan fingerprint density at radius 1 is 1.09 bits per heavy atom. The zero-order valence-electron chi connectivity index (χ0n) is 20.8. The SMILES string of the molecule is CCOc1cc(C2C3=C(CC(C)(C)CC3=O)NC3=CC(C)(C)CC(=O)C32)c(Br)cc1OCC(=O)O. The molecule has 2 aliphatic carbocycles. The van der Waals surface area contributed by atoms with E-state index in [0.29, 0.717) is 41.7 Å². The van der Waals surface area contributed by atoms with Gasteiger partial charge in [-0.15, -0.1) is 0 Å². The van der Waals surface area contributed by atoms with Crippen LogP contribution in [0.3, 0.4) is 0 Å². The molecule has 0 bridgehead atoms. The maximum absolute atomic E-state index is 13.6. The van der Waals surface area contributed by atoms with E-state index in [9.17, 15) is 14.4 Å². The van der Waals surface area contributed by atoms with Gasteiger partial charge in [0.15, 0.2) is 23.9 Å². The number of benzene rings is 1. The van der Waals surface area contributed by atoms with Gasteiger partial charge >= 0.3 is 5.97 Å². The third-order valence-corrected chi connectivity index (χ3v) is 7.45. The second kappa shape index (κ2) is 9.12. The normalized spacial score (nSPS) is 24.7. The molecule has 0 saturated carbocycles. The van der Waals surface area contributed by atoms with Gasteiger partial charge < -0.3 is 19.9 Å². The second-order valence-electron chi connectivity index (χ2n) is 11.1. The fourth-order valence-corrected chi connectivity index (χ4v) is 6.14. The fraction of sp³-hybridized carbons (Fsp3) is 0.519. The van der Waals surface area contributed by atoms with Gasteiger partial charge in [-0.3, -0.25) is 9.59 Å². The van der Waals surface area contributed by atoms with Crippen molar-refractivity contribution in [3.8, 4) is 11.5 Å². The minimum absolute atomic E-state index is 0.0431. The van der Waals surface area contributed by atoms with Crippen LogP contribution in [0.1, 0.15) is 65.4 Å². The summed E-state index contributed by atoms with van der Waals surface area (Å²) in [4.78, 5) is 38.2. The van der Waals surface area contributed by atoms with Crippen molar-refractivity contribution < 1.29 is 29.0 Å². The second-order valence-corrected chi connectivity index (χ2v) is 11.9. The van der Waals surface area contributed by atoms with E-state index in [1.807, 2.05) is 20.8 Å². The predicted octanol–water partition coefficient (Wildman–Crippen LogP) is 5.14. The van der Waals surface area contributed by atoms with Crippen molar-refractivity contribution in [2.24, 2.45) is 16.7 Å². The number of nitrogens with one attached hydrogen (secondary N) is 1. The number of ketones is 2. The minimum atomic E-state index is -1.10. The molecule has 0 fully saturated rings. The Kier molecular flexibility index (Phi) is 6.64. The Labute approximate surface area is 214 Å². The number of carboxylic acids is 1. The van der Waals surface area contributed by atoms with Gasteiger partial charge in [-0.05, 0) is 41.9 Å². The third-order valence-electron chi connectivity index (χ3n) is 6.77. The number of allylic oxidation sites excluding steroid dienone is 4. The largest absolute Gasteiger partial charge is 0.490 e. The molecule has 1 heterocycles. The van der Waals surface area contributed by atoms with Crippen LogP contribution in [0.25, 0.3) is 0 Å². The summed E-state index contributed by atoms with van der Waals surface area (Å²) >= 11 is 3.62. The number of carboxylic acid groups (broad SMARTS) is 1. The standard InChI is InChI=1S/C27H32BrNO6/c1-6-34-20-7-14(15(28)8-21(20)35-13-22(32)33)23-24-16(9-26(2,3)11-18(24)30)29-17-10-27(4,5)12-19(31)25(17)23/h7-9,23-24,29H,6,10-13H2,1-5H3,(H,32,33). The Balaban J connectivity index is 1.91. The summed E-state index contributed by atoms with van der Waals surface area (Å²) in [6.07, 6.45) is 3.63. The Hall–Kier alpha value is -2.61. The van der Waals surface area contributed by atoms with Crippen LogP contribution in [-0.2, 0) is 14.4 Å². The highest BCUT2D eigenvalue weighted by molar-refractivity contribution is 9.10. The smallest absolute Gasteiger partial charge is 0.341 e. The molecular formula is C27H32BrNO6. The van der Waals surface area contributed by atoms with Crippen molar-refractivity contribution in [1.82, 2.24) is 5.32 Å². The quantitative estimate of drug-likeness (QED) is 0.510. The van der Waals surface area contributed by atoms with Crippen LogP contribution < -0.4 is 14.8 Å². The molecule has 4 rings (SSSR count). The zero-order chi connectivity index (χ0) is 25.7. The molecule has 0 amide bonds. The minimum Gasteiger partial charge on any atom is -0.490 e. The lowest BCUT2D eigenvalue weighted by atomic mass is 9.62. The molecule has 0 saturated heterocycles. The molecular weight excluding hydrogens is 514 g/mol. The highest BCUT2D eigenvalue weighted by Crippen LogP contribution is 2.53. The molecule has 1 aromatic rings. The van der Waals surface area contributed by atoms with E-state index in [-0.39, 0.29) is 28.1 Å². The van der Waals surface area contributed by atoms with Crippen LogP contribution in [0.5, 0.6) is 11.5 Å². The molecule has 8 heteroatoms. The van der Waals surface area contributed by atoms with E-state index in [0.717, 1.165) is 17.0 Å². The van der Waals surface area contributed by atoms with E-state index in [4.69, 9.17) is 14.6 Å². The van der Waals surface area contributed by atoms with Crippen molar-refractivity contribution in [2.45, 2.75) is 59.8 Å². The van der Waals surface area contributed by atoms with Crippen molar-refractivity contribution in [3.05, 3.63) is 45.2 Å². The van der Waals surface area contributed by atoms with Crippen LogP contribution in [0.4, 0.5) is 0 Å². The Bertz CT molecular complexity index is 1160. The maximum Gasteiger partial charge on any atom is 0.341 e. The number of fused-ring (bicyclic) bond motifs is 1. The molecule has 2 N–H and O–H groups in total. The number of halogens is 1. The van der Waals surface area contributed by atoms with Crippen molar-refractivity contribution in [3.63, 3.8) is 0 Å². The van der Waals surface area contributed by atoms with E-state index < -0.39 is 24.4 Å². The molecule has 0 spiro atoms. The maximum atomic E-state index is 13.6. The average Bonchev–Trinajstić information content (AvgIpc) is 2.70. The van der Waals surface area contributed by atoms with E-state index >= 15 is 0 Å². The van der Waals surface area contributed by atoms with Crippen molar-refractivity contribution in [1.29, 1.82) is 0 Å². The summed E-state index contributed by atoms with van der Waals surface area (Å²) in [7, 11) is 0. The summed E-state index contributed by atoms with van der Waals surface area (Å²) in [6.45, 7) is 9.92. The van der Waals surface area contributed by atoms with Crippen LogP contribution >= 0.6 is 15.9 Å². The summed E-state index contributed by atoms with van der Waals surface area (Å²) in [5.41, 5.74) is 2.66. The van der Waals surface area contributed by atoms with Gasteiger partial charge in [-0.1, -0.05) is 49.7 Å². The Morgan fingerprint density at radius 3 is 2.43 bits per heavy atom. The van der Waals surface area contributed by atoms with Crippen molar-refractivity contribution >= 4 is 33.5 Å². The predicted molar refractivity (Wildman–Crippen MR) is 134 cm³/mol. The van der Waals surface area contributed by atoms with Gasteiger partial charge in [-0.2, -0.15) is 0 Å². The lowest BCUT2D eigenvalue weighted by Gasteiger charge is -2.46. The number of Topliss-reactive ketones (excluding diaryl/α,β-unsaturated/α-hetero) is 2. The first-order valence-corrected chi connectivity index (χ1v) is 12.7. The van der Waals surface area contributed by atoms with Gasteiger partial charge in [0, 0.05) is 40.2 Å². The molecule has 2 unspecified atom stereocenters. The lowest BCUT2D eigenvalue weighted by molar-refractivity contribution is -0.139.